The summed E-state index contributed by atoms with van der Waals surface area (Å²) in [6, 6.07) is 4.67. The molecule has 0 spiro atoms. The molecule has 1 aromatic carbocycles. The van der Waals surface area contributed by atoms with Crippen molar-refractivity contribution in [2.45, 2.75) is 18.8 Å². The first kappa shape index (κ1) is 13.8. The molecule has 1 saturated heterocycles. The Hall–Kier alpha value is -1.13. The van der Waals surface area contributed by atoms with E-state index in [4.69, 9.17) is 17.3 Å². The molecule has 2 N–H and O–H groups in total. The van der Waals surface area contributed by atoms with Gasteiger partial charge >= 0.3 is 0 Å². The van der Waals surface area contributed by atoms with Crippen LogP contribution in [0.25, 0.3) is 0 Å². The second kappa shape index (κ2) is 5.34. The second-order valence-electron chi connectivity index (χ2n) is 5.76. The van der Waals surface area contributed by atoms with Gasteiger partial charge in [0, 0.05) is 35.5 Å². The number of amides is 1. The molecule has 20 heavy (non-hydrogen) atoms. The zero-order chi connectivity index (χ0) is 14.3. The number of hydrogen-bond acceptors (Lipinski definition) is 2. The third kappa shape index (κ3) is 2.42. The van der Waals surface area contributed by atoms with E-state index in [1.165, 1.54) is 6.07 Å². The van der Waals surface area contributed by atoms with E-state index in [1.54, 1.807) is 12.1 Å². The summed E-state index contributed by atoms with van der Waals surface area (Å²) in [5.41, 5.74) is 6.14. The number of benzene rings is 1. The molecule has 1 amide bonds. The van der Waals surface area contributed by atoms with Crippen molar-refractivity contribution in [3.8, 4) is 0 Å². The van der Waals surface area contributed by atoms with Crippen molar-refractivity contribution in [2.24, 2.45) is 17.6 Å². The zero-order valence-corrected chi connectivity index (χ0v) is 11.9. The molecule has 108 valence electrons. The summed E-state index contributed by atoms with van der Waals surface area (Å²) in [5.74, 6) is 0.0616. The number of nitrogens with two attached hydrogens (primary N) is 1. The van der Waals surface area contributed by atoms with Crippen molar-refractivity contribution in [3.05, 3.63) is 34.6 Å². The van der Waals surface area contributed by atoms with Gasteiger partial charge < -0.3 is 10.6 Å². The van der Waals surface area contributed by atoms with Gasteiger partial charge in [-0.05, 0) is 37.4 Å². The number of carbonyl (C=O) groups is 1. The monoisotopic (exact) mass is 296 g/mol. The molecule has 1 aliphatic carbocycles. The SMILES string of the molecule is NC[C@@H]1CCN(C(=O)[C@H]2C[C@@H]2c2c(F)cccc2Cl)C1. The molecule has 3 atom stereocenters. The van der Waals surface area contributed by atoms with Crippen LogP contribution in [0.4, 0.5) is 4.39 Å². The predicted molar refractivity (Wildman–Crippen MR) is 76.0 cm³/mol. The smallest absolute Gasteiger partial charge is 0.226 e. The van der Waals surface area contributed by atoms with Gasteiger partial charge in [0.15, 0.2) is 0 Å². The minimum absolute atomic E-state index is 0.0619. The molecule has 0 aromatic heterocycles. The maximum atomic E-state index is 13.8. The average Bonchev–Trinajstić information content (AvgIpc) is 3.05. The summed E-state index contributed by atoms with van der Waals surface area (Å²) in [7, 11) is 0. The van der Waals surface area contributed by atoms with Crippen LogP contribution >= 0.6 is 11.6 Å². The van der Waals surface area contributed by atoms with Gasteiger partial charge in [0.25, 0.3) is 0 Å². The molecular weight excluding hydrogens is 279 g/mol. The maximum Gasteiger partial charge on any atom is 0.226 e. The van der Waals surface area contributed by atoms with E-state index in [0.717, 1.165) is 19.5 Å². The molecule has 3 rings (SSSR count). The average molecular weight is 297 g/mol. The van der Waals surface area contributed by atoms with Crippen LogP contribution in [0.2, 0.25) is 5.02 Å². The van der Waals surface area contributed by atoms with Gasteiger partial charge in [0.05, 0.1) is 0 Å². The number of carbonyl (C=O) groups excluding carboxylic acids is 1. The number of rotatable bonds is 3. The Bertz CT molecular complexity index is 516. The van der Waals surface area contributed by atoms with E-state index in [-0.39, 0.29) is 23.6 Å². The lowest BCUT2D eigenvalue weighted by molar-refractivity contribution is -0.131. The van der Waals surface area contributed by atoms with Gasteiger partial charge in [0.2, 0.25) is 5.91 Å². The highest BCUT2D eigenvalue weighted by Crippen LogP contribution is 2.51. The van der Waals surface area contributed by atoms with Crippen LogP contribution in [0.3, 0.4) is 0 Å². The van der Waals surface area contributed by atoms with Gasteiger partial charge in [-0.1, -0.05) is 17.7 Å². The molecule has 1 aromatic rings. The molecule has 1 saturated carbocycles. The van der Waals surface area contributed by atoms with Gasteiger partial charge in [-0.25, -0.2) is 4.39 Å². The molecule has 0 unspecified atom stereocenters. The third-order valence-electron chi connectivity index (χ3n) is 4.41. The van der Waals surface area contributed by atoms with E-state index >= 15 is 0 Å². The van der Waals surface area contributed by atoms with Crippen LogP contribution < -0.4 is 5.73 Å². The molecule has 0 bridgehead atoms. The van der Waals surface area contributed by atoms with Crippen molar-refractivity contribution in [1.29, 1.82) is 0 Å². The Labute approximate surface area is 122 Å². The summed E-state index contributed by atoms with van der Waals surface area (Å²) in [4.78, 5) is 14.3. The largest absolute Gasteiger partial charge is 0.342 e. The standard InChI is InChI=1S/C15H18ClFN2O/c16-12-2-1-3-13(17)14(12)10-6-11(10)15(20)19-5-4-9(7-18)8-19/h1-3,9-11H,4-8,18H2/t9-,10-,11-/m0/s1. The van der Waals surface area contributed by atoms with Crippen LogP contribution in [0, 0.1) is 17.7 Å². The van der Waals surface area contributed by atoms with Crippen molar-refractivity contribution >= 4 is 17.5 Å². The van der Waals surface area contributed by atoms with Gasteiger partial charge in [0.1, 0.15) is 5.82 Å². The van der Waals surface area contributed by atoms with Crippen LogP contribution in [0.1, 0.15) is 24.3 Å². The molecule has 5 heteroatoms. The van der Waals surface area contributed by atoms with Gasteiger partial charge in [-0.3, -0.25) is 4.79 Å². The molecule has 1 aliphatic heterocycles. The fourth-order valence-corrected chi connectivity index (χ4v) is 3.41. The van der Waals surface area contributed by atoms with Gasteiger partial charge in [-0.15, -0.1) is 0 Å². The van der Waals surface area contributed by atoms with E-state index in [9.17, 15) is 9.18 Å². The maximum absolute atomic E-state index is 13.8. The lowest BCUT2D eigenvalue weighted by Crippen LogP contribution is -2.31. The first-order chi connectivity index (χ1) is 9.61. The van der Waals surface area contributed by atoms with Gasteiger partial charge in [-0.2, -0.15) is 0 Å². The summed E-state index contributed by atoms with van der Waals surface area (Å²) in [6.07, 6.45) is 1.67. The molecule has 3 nitrogen and oxygen atoms in total. The lowest BCUT2D eigenvalue weighted by Gasteiger charge is -2.16. The Morgan fingerprint density at radius 2 is 2.30 bits per heavy atom. The highest BCUT2D eigenvalue weighted by atomic mass is 35.5. The van der Waals surface area contributed by atoms with E-state index in [1.807, 2.05) is 4.90 Å². The second-order valence-corrected chi connectivity index (χ2v) is 6.17. The Balaban J connectivity index is 1.69. The normalized spacial score (nSPS) is 28.8. The first-order valence-corrected chi connectivity index (χ1v) is 7.42. The van der Waals surface area contributed by atoms with Crippen LogP contribution in [-0.4, -0.2) is 30.4 Å². The predicted octanol–water partition coefficient (Wildman–Crippen LogP) is 2.39. The summed E-state index contributed by atoms with van der Waals surface area (Å²) in [6.45, 7) is 2.13. The van der Waals surface area contributed by atoms with Crippen molar-refractivity contribution in [2.75, 3.05) is 19.6 Å². The quantitative estimate of drug-likeness (QED) is 0.931. The van der Waals surface area contributed by atoms with Crippen molar-refractivity contribution in [3.63, 3.8) is 0 Å². The Kier molecular flexibility index (Phi) is 3.69. The highest BCUT2D eigenvalue weighted by Gasteiger charge is 2.48. The first-order valence-electron chi connectivity index (χ1n) is 7.04. The third-order valence-corrected chi connectivity index (χ3v) is 4.74. The van der Waals surface area contributed by atoms with Crippen LogP contribution in [-0.2, 0) is 4.79 Å². The number of halogens is 2. The fourth-order valence-electron chi connectivity index (χ4n) is 3.11. The minimum Gasteiger partial charge on any atom is -0.342 e. The Morgan fingerprint density at radius 1 is 1.50 bits per heavy atom. The van der Waals surface area contributed by atoms with Crippen molar-refractivity contribution < 1.29 is 9.18 Å². The van der Waals surface area contributed by atoms with E-state index in [2.05, 4.69) is 0 Å². The van der Waals surface area contributed by atoms with E-state index < -0.39 is 0 Å². The fraction of sp³-hybridized carbons (Fsp3) is 0.533. The summed E-state index contributed by atoms with van der Waals surface area (Å²) in [5, 5.41) is 0.423. The lowest BCUT2D eigenvalue weighted by atomic mass is 10.1. The molecule has 0 radical (unpaired) electrons. The molecule has 2 fully saturated rings. The summed E-state index contributed by atoms with van der Waals surface area (Å²) >= 11 is 6.06. The minimum atomic E-state index is -0.306. The number of hydrogen-bond donors (Lipinski definition) is 1. The summed E-state index contributed by atoms with van der Waals surface area (Å²) < 4.78 is 13.8. The highest BCUT2D eigenvalue weighted by molar-refractivity contribution is 6.31. The van der Waals surface area contributed by atoms with E-state index in [0.29, 0.717) is 29.5 Å². The van der Waals surface area contributed by atoms with Crippen LogP contribution in [0.5, 0.6) is 0 Å². The molecule has 2 aliphatic rings. The number of likely N-dealkylation sites (tertiary alicyclic amines) is 1. The number of nitrogens with zero attached hydrogens (tertiary/aromatic N) is 1. The van der Waals surface area contributed by atoms with Crippen molar-refractivity contribution in [1.82, 2.24) is 4.90 Å². The molecular formula is C15H18ClFN2O. The zero-order valence-electron chi connectivity index (χ0n) is 11.2. The molecule has 1 heterocycles. The topological polar surface area (TPSA) is 46.3 Å². The van der Waals surface area contributed by atoms with Crippen LogP contribution in [0.15, 0.2) is 18.2 Å². The Morgan fingerprint density at radius 3 is 2.95 bits per heavy atom.